The molecular weight excluding hydrogens is 438 g/mol. The minimum atomic E-state index is -1.54. The molecule has 1 unspecified atom stereocenters. The van der Waals surface area contributed by atoms with Gasteiger partial charge >= 0.3 is 0 Å². The standard InChI is InChI=1S/C25H27N3O4S/c1-31-23-12-5-3-10-21(23)26-33(30)20-9-7-8-19(18-20)25(29)28-16-14-27(15-17-28)22-11-4-6-13-24(22)32-2/h3-13,18,26H,14-17H2,1-2H3. The number of hydrogen-bond donors (Lipinski definition) is 1. The Morgan fingerprint density at radius 3 is 2.27 bits per heavy atom. The molecule has 1 aliphatic rings. The number of methoxy groups -OCH3 is 2. The first kappa shape index (κ1) is 22.8. The minimum Gasteiger partial charge on any atom is -0.588 e. The lowest BCUT2D eigenvalue weighted by molar-refractivity contribution is 0.0746. The van der Waals surface area contributed by atoms with Crippen molar-refractivity contribution in [2.24, 2.45) is 0 Å². The molecule has 0 aliphatic carbocycles. The van der Waals surface area contributed by atoms with Gasteiger partial charge in [-0.15, -0.1) is 0 Å². The number of ether oxygens (including phenoxy) is 2. The summed E-state index contributed by atoms with van der Waals surface area (Å²) in [7, 11) is 3.23. The molecule has 1 amide bonds. The number of nitrogens with one attached hydrogen (secondary N) is 1. The van der Waals surface area contributed by atoms with Gasteiger partial charge in [0.25, 0.3) is 5.91 Å². The predicted octanol–water partition coefficient (Wildman–Crippen LogP) is 3.80. The predicted molar refractivity (Wildman–Crippen MR) is 131 cm³/mol. The zero-order valence-electron chi connectivity index (χ0n) is 18.7. The molecule has 1 fully saturated rings. The van der Waals surface area contributed by atoms with Gasteiger partial charge in [0.2, 0.25) is 0 Å². The summed E-state index contributed by atoms with van der Waals surface area (Å²) < 4.78 is 26.6. The van der Waals surface area contributed by atoms with Gasteiger partial charge < -0.3 is 23.8 Å². The Morgan fingerprint density at radius 2 is 1.55 bits per heavy atom. The molecule has 1 aliphatic heterocycles. The van der Waals surface area contributed by atoms with Gasteiger partial charge in [-0.05, 0) is 36.4 Å². The molecule has 33 heavy (non-hydrogen) atoms. The van der Waals surface area contributed by atoms with Crippen LogP contribution in [-0.4, -0.2) is 55.8 Å². The average molecular weight is 466 g/mol. The molecule has 1 saturated heterocycles. The van der Waals surface area contributed by atoms with Crippen LogP contribution >= 0.6 is 0 Å². The van der Waals surface area contributed by atoms with Gasteiger partial charge in [-0.1, -0.05) is 30.3 Å². The zero-order valence-corrected chi connectivity index (χ0v) is 19.5. The van der Waals surface area contributed by atoms with E-state index in [2.05, 4.69) is 9.62 Å². The van der Waals surface area contributed by atoms with E-state index in [0.717, 1.165) is 11.4 Å². The number of benzene rings is 3. The van der Waals surface area contributed by atoms with Crippen LogP contribution < -0.4 is 19.1 Å². The maximum absolute atomic E-state index is 13.1. The Balaban J connectivity index is 1.42. The van der Waals surface area contributed by atoms with Gasteiger partial charge in [0.1, 0.15) is 28.5 Å². The minimum absolute atomic E-state index is 0.0641. The highest BCUT2D eigenvalue weighted by molar-refractivity contribution is 7.92. The van der Waals surface area contributed by atoms with Crippen molar-refractivity contribution in [3.05, 3.63) is 78.4 Å². The van der Waals surface area contributed by atoms with Crippen molar-refractivity contribution < 1.29 is 18.8 Å². The normalized spacial score (nSPS) is 14.5. The highest BCUT2D eigenvalue weighted by Crippen LogP contribution is 2.29. The largest absolute Gasteiger partial charge is 0.588 e. The first-order chi connectivity index (χ1) is 16.1. The van der Waals surface area contributed by atoms with E-state index in [9.17, 15) is 9.35 Å². The van der Waals surface area contributed by atoms with Gasteiger partial charge in [0, 0.05) is 37.8 Å². The van der Waals surface area contributed by atoms with Gasteiger partial charge in [-0.3, -0.25) is 4.79 Å². The fourth-order valence-electron chi connectivity index (χ4n) is 3.86. The molecule has 8 heteroatoms. The quantitative estimate of drug-likeness (QED) is 0.535. The summed E-state index contributed by atoms with van der Waals surface area (Å²) in [6, 6.07) is 22.1. The van der Waals surface area contributed by atoms with Crippen molar-refractivity contribution >= 4 is 28.6 Å². The van der Waals surface area contributed by atoms with Crippen molar-refractivity contribution in [2.75, 3.05) is 50.0 Å². The summed E-state index contributed by atoms with van der Waals surface area (Å²) in [6.07, 6.45) is 0. The van der Waals surface area contributed by atoms with Crippen LogP contribution in [0.15, 0.2) is 77.7 Å². The Morgan fingerprint density at radius 1 is 0.879 bits per heavy atom. The third kappa shape index (κ3) is 5.18. The lowest BCUT2D eigenvalue weighted by atomic mass is 10.1. The number of carbonyl (C=O) groups is 1. The van der Waals surface area contributed by atoms with Crippen LogP contribution in [0.25, 0.3) is 0 Å². The third-order valence-corrected chi connectivity index (χ3v) is 6.68. The molecule has 1 heterocycles. The fourth-order valence-corrected chi connectivity index (χ4v) is 4.78. The number of piperazine rings is 1. The van der Waals surface area contributed by atoms with E-state index in [0.29, 0.717) is 48.1 Å². The maximum atomic E-state index is 13.1. The number of para-hydroxylation sites is 4. The van der Waals surface area contributed by atoms with E-state index in [1.807, 2.05) is 41.3 Å². The number of anilines is 2. The lowest BCUT2D eigenvalue weighted by Crippen LogP contribution is -2.48. The summed E-state index contributed by atoms with van der Waals surface area (Å²) in [5.41, 5.74) is 2.18. The second-order valence-electron chi connectivity index (χ2n) is 7.55. The SMILES string of the molecule is COc1ccccc1N[S+]([O-])c1cccc(C(=O)N2CCN(c3ccccc3OC)CC2)c1. The van der Waals surface area contributed by atoms with E-state index < -0.39 is 11.4 Å². The molecule has 0 radical (unpaired) electrons. The molecule has 0 spiro atoms. The van der Waals surface area contributed by atoms with Crippen molar-refractivity contribution in [1.82, 2.24) is 4.90 Å². The molecule has 1 N–H and O–H groups in total. The van der Waals surface area contributed by atoms with Gasteiger partial charge in [-0.25, -0.2) is 0 Å². The molecule has 3 aromatic carbocycles. The van der Waals surface area contributed by atoms with Crippen LogP contribution in [-0.2, 0) is 11.4 Å². The molecular formula is C25H27N3O4S. The van der Waals surface area contributed by atoms with Crippen LogP contribution in [0, 0.1) is 0 Å². The Labute approximate surface area is 197 Å². The smallest absolute Gasteiger partial charge is 0.254 e. The Bertz CT molecular complexity index is 1100. The van der Waals surface area contributed by atoms with E-state index >= 15 is 0 Å². The van der Waals surface area contributed by atoms with Crippen molar-refractivity contribution in [3.8, 4) is 11.5 Å². The second-order valence-corrected chi connectivity index (χ2v) is 8.76. The first-order valence-corrected chi connectivity index (χ1v) is 11.8. The molecule has 4 rings (SSSR count). The summed E-state index contributed by atoms with van der Waals surface area (Å²) in [4.78, 5) is 17.7. The molecule has 172 valence electrons. The van der Waals surface area contributed by atoms with Crippen molar-refractivity contribution in [1.29, 1.82) is 0 Å². The number of nitrogens with zero attached hydrogens (tertiary/aromatic N) is 2. The summed E-state index contributed by atoms with van der Waals surface area (Å²) in [5.74, 6) is 1.37. The third-order valence-electron chi connectivity index (χ3n) is 5.60. The number of amides is 1. The Hall–Kier alpha value is -3.36. The van der Waals surface area contributed by atoms with E-state index in [1.54, 1.807) is 50.6 Å². The number of carbonyl (C=O) groups excluding carboxylic acids is 1. The maximum Gasteiger partial charge on any atom is 0.254 e. The first-order valence-electron chi connectivity index (χ1n) is 10.7. The molecule has 0 bridgehead atoms. The van der Waals surface area contributed by atoms with E-state index in [4.69, 9.17) is 9.47 Å². The van der Waals surface area contributed by atoms with E-state index in [-0.39, 0.29) is 5.91 Å². The summed E-state index contributed by atoms with van der Waals surface area (Å²) in [6.45, 7) is 2.63. The second kappa shape index (κ2) is 10.5. The van der Waals surface area contributed by atoms with Gasteiger partial charge in [-0.2, -0.15) is 4.72 Å². The lowest BCUT2D eigenvalue weighted by Gasteiger charge is -2.36. The highest BCUT2D eigenvalue weighted by atomic mass is 32.2. The summed E-state index contributed by atoms with van der Waals surface area (Å²) in [5, 5.41) is 0. The molecule has 7 nitrogen and oxygen atoms in total. The molecule has 1 atom stereocenters. The van der Waals surface area contributed by atoms with Crippen molar-refractivity contribution in [3.63, 3.8) is 0 Å². The van der Waals surface area contributed by atoms with Crippen LogP contribution in [0.2, 0.25) is 0 Å². The Kier molecular flexibility index (Phi) is 7.26. The van der Waals surface area contributed by atoms with Crippen LogP contribution in [0.1, 0.15) is 10.4 Å². The van der Waals surface area contributed by atoms with Crippen LogP contribution in [0.5, 0.6) is 11.5 Å². The monoisotopic (exact) mass is 465 g/mol. The number of rotatable bonds is 7. The topological polar surface area (TPSA) is 77.1 Å². The van der Waals surface area contributed by atoms with Gasteiger partial charge in [0.05, 0.1) is 19.9 Å². The number of hydrogen-bond acceptors (Lipinski definition) is 6. The van der Waals surface area contributed by atoms with Crippen LogP contribution in [0.4, 0.5) is 11.4 Å². The van der Waals surface area contributed by atoms with Crippen molar-refractivity contribution in [2.45, 2.75) is 4.90 Å². The average Bonchev–Trinajstić information content (AvgIpc) is 2.88. The van der Waals surface area contributed by atoms with Crippen LogP contribution in [0.3, 0.4) is 0 Å². The molecule has 0 aromatic heterocycles. The van der Waals surface area contributed by atoms with Gasteiger partial charge in [0.15, 0.2) is 4.90 Å². The molecule has 0 saturated carbocycles. The molecule has 3 aromatic rings. The van der Waals surface area contributed by atoms with E-state index in [1.165, 1.54) is 0 Å². The highest BCUT2D eigenvalue weighted by Gasteiger charge is 2.25. The zero-order chi connectivity index (χ0) is 23.2. The fraction of sp³-hybridized carbons (Fsp3) is 0.240. The summed E-state index contributed by atoms with van der Waals surface area (Å²) >= 11 is -1.54.